The highest BCUT2D eigenvalue weighted by Crippen LogP contribution is 2.37. The van der Waals surface area contributed by atoms with E-state index in [1.165, 1.54) is 12.1 Å². The molecule has 2 fully saturated rings. The Morgan fingerprint density at radius 2 is 2.00 bits per heavy atom. The lowest BCUT2D eigenvalue weighted by molar-refractivity contribution is 0.0758. The molecule has 1 aromatic carbocycles. The quantitative estimate of drug-likeness (QED) is 0.718. The lowest BCUT2D eigenvalue weighted by atomic mass is 10.0. The normalized spacial score (nSPS) is 21.7. The number of carbonyl (C=O) groups excluding carboxylic acids is 1. The zero-order valence-electron chi connectivity index (χ0n) is 16.3. The van der Waals surface area contributed by atoms with E-state index in [0.29, 0.717) is 43.0 Å². The highest BCUT2D eigenvalue weighted by atomic mass is 19.1. The van der Waals surface area contributed by atoms with Crippen molar-refractivity contribution in [3.8, 4) is 0 Å². The topological polar surface area (TPSA) is 61.1 Å². The minimum Gasteiger partial charge on any atom is -0.391 e. The van der Waals surface area contributed by atoms with E-state index in [4.69, 9.17) is 0 Å². The number of aliphatic hydroxyl groups is 1. The first-order valence-electron chi connectivity index (χ1n) is 10.2. The van der Waals surface area contributed by atoms with Crippen molar-refractivity contribution in [2.45, 2.75) is 31.4 Å². The van der Waals surface area contributed by atoms with E-state index in [1.54, 1.807) is 15.5 Å². The van der Waals surface area contributed by atoms with Crippen molar-refractivity contribution in [1.29, 1.82) is 0 Å². The summed E-state index contributed by atoms with van der Waals surface area (Å²) < 4.78 is 29.9. The van der Waals surface area contributed by atoms with Gasteiger partial charge in [-0.15, -0.1) is 0 Å². The Morgan fingerprint density at radius 3 is 2.80 bits per heavy atom. The molecule has 156 valence electrons. The molecular formula is C22H22F2N4O2. The standard InChI is InChI=1S/C22H22F2N4O2/c23-14-3-5-18(24)17(10-14)19-2-1-8-27(19)15-4-6-21-25-11-20(28(21)12-15)22(30)26-9-7-16(29)13-26/h3-6,10-12,16,19,29H,1-2,7-9,13H2/t16-,19-/m0/s1. The molecule has 2 atom stereocenters. The van der Waals surface area contributed by atoms with E-state index in [2.05, 4.69) is 4.98 Å². The average molecular weight is 412 g/mol. The van der Waals surface area contributed by atoms with E-state index < -0.39 is 17.7 Å². The second-order valence-electron chi connectivity index (χ2n) is 7.97. The lowest BCUT2D eigenvalue weighted by Crippen LogP contribution is -2.30. The van der Waals surface area contributed by atoms with Crippen molar-refractivity contribution in [3.05, 3.63) is 65.6 Å². The maximum absolute atomic E-state index is 14.4. The molecule has 1 N–H and O–H groups in total. The number of rotatable bonds is 3. The minimum absolute atomic E-state index is 0.176. The van der Waals surface area contributed by atoms with Crippen LogP contribution < -0.4 is 4.90 Å². The zero-order chi connectivity index (χ0) is 20.8. The third kappa shape index (κ3) is 3.21. The number of halogens is 2. The molecule has 5 rings (SSSR count). The molecule has 0 radical (unpaired) electrons. The fourth-order valence-electron chi connectivity index (χ4n) is 4.55. The first-order valence-corrected chi connectivity index (χ1v) is 10.2. The Labute approximate surface area is 172 Å². The number of likely N-dealkylation sites (tertiary alicyclic amines) is 1. The number of aromatic nitrogens is 2. The van der Waals surface area contributed by atoms with Crippen LogP contribution in [-0.2, 0) is 0 Å². The van der Waals surface area contributed by atoms with E-state index in [9.17, 15) is 18.7 Å². The van der Waals surface area contributed by atoms with Crippen molar-refractivity contribution in [2.24, 2.45) is 0 Å². The molecule has 2 aliphatic heterocycles. The van der Waals surface area contributed by atoms with Gasteiger partial charge in [0.05, 0.1) is 24.0 Å². The summed E-state index contributed by atoms with van der Waals surface area (Å²) in [4.78, 5) is 20.9. The lowest BCUT2D eigenvalue weighted by Gasteiger charge is -2.27. The summed E-state index contributed by atoms with van der Waals surface area (Å²) in [5, 5.41) is 9.75. The van der Waals surface area contributed by atoms with Crippen LogP contribution in [0.15, 0.2) is 42.7 Å². The summed E-state index contributed by atoms with van der Waals surface area (Å²) >= 11 is 0. The molecule has 1 amide bonds. The van der Waals surface area contributed by atoms with Gasteiger partial charge in [0, 0.05) is 31.4 Å². The Kier molecular flexibility index (Phi) is 4.66. The molecule has 2 saturated heterocycles. The monoisotopic (exact) mass is 412 g/mol. The smallest absolute Gasteiger partial charge is 0.272 e. The predicted molar refractivity (Wildman–Crippen MR) is 107 cm³/mol. The Morgan fingerprint density at radius 1 is 1.13 bits per heavy atom. The number of anilines is 1. The molecule has 0 unspecified atom stereocenters. The molecule has 4 heterocycles. The van der Waals surface area contributed by atoms with Crippen molar-refractivity contribution >= 4 is 17.2 Å². The number of nitrogens with zero attached hydrogens (tertiary/aromatic N) is 4. The molecular weight excluding hydrogens is 390 g/mol. The SMILES string of the molecule is O=C(c1cnc2ccc(N3CCC[C@H]3c3cc(F)ccc3F)cn12)N1CC[C@H](O)C1. The zero-order valence-corrected chi connectivity index (χ0v) is 16.3. The molecule has 30 heavy (non-hydrogen) atoms. The molecule has 0 bridgehead atoms. The van der Waals surface area contributed by atoms with E-state index in [0.717, 1.165) is 24.6 Å². The van der Waals surface area contributed by atoms with Crippen LogP contribution in [0.25, 0.3) is 5.65 Å². The third-order valence-electron chi connectivity index (χ3n) is 6.06. The molecule has 3 aromatic rings. The highest BCUT2D eigenvalue weighted by Gasteiger charge is 2.30. The van der Waals surface area contributed by atoms with Crippen molar-refractivity contribution < 1.29 is 18.7 Å². The number of hydrogen-bond acceptors (Lipinski definition) is 4. The number of hydrogen-bond donors (Lipinski definition) is 1. The second-order valence-corrected chi connectivity index (χ2v) is 7.97. The summed E-state index contributed by atoms with van der Waals surface area (Å²) in [6.07, 6.45) is 5.04. The van der Waals surface area contributed by atoms with Gasteiger partial charge in [-0.1, -0.05) is 0 Å². The van der Waals surface area contributed by atoms with Crippen molar-refractivity contribution in [3.63, 3.8) is 0 Å². The van der Waals surface area contributed by atoms with Gasteiger partial charge in [-0.25, -0.2) is 13.8 Å². The Hall–Kier alpha value is -3.00. The number of amides is 1. The summed E-state index contributed by atoms with van der Waals surface area (Å²) in [5.41, 5.74) is 2.23. The number of carbonyl (C=O) groups is 1. The first kappa shape index (κ1) is 19.0. The number of β-amino-alcohol motifs (C(OH)–C–C–N with tert-alkyl or cyclic N) is 1. The Balaban J connectivity index is 1.50. The Bertz CT molecular complexity index is 1120. The second kappa shape index (κ2) is 7.36. The van der Waals surface area contributed by atoms with E-state index >= 15 is 0 Å². The summed E-state index contributed by atoms with van der Waals surface area (Å²) in [7, 11) is 0. The van der Waals surface area contributed by atoms with Crippen LogP contribution in [0, 0.1) is 11.6 Å². The summed E-state index contributed by atoms with van der Waals surface area (Å²) in [5.74, 6) is -1.05. The number of aliphatic hydroxyl groups excluding tert-OH is 1. The van der Waals surface area contributed by atoms with Gasteiger partial charge in [-0.2, -0.15) is 0 Å². The van der Waals surface area contributed by atoms with Gasteiger partial charge in [-0.05, 0) is 49.6 Å². The molecule has 0 aliphatic carbocycles. The van der Waals surface area contributed by atoms with Gasteiger partial charge >= 0.3 is 0 Å². The molecule has 2 aliphatic rings. The largest absolute Gasteiger partial charge is 0.391 e. The minimum atomic E-state index is -0.491. The van der Waals surface area contributed by atoms with Gasteiger partial charge in [0.15, 0.2) is 0 Å². The van der Waals surface area contributed by atoms with Crippen molar-refractivity contribution in [2.75, 3.05) is 24.5 Å². The number of fused-ring (bicyclic) bond motifs is 1. The van der Waals surface area contributed by atoms with Crippen LogP contribution in [0.1, 0.15) is 41.4 Å². The van der Waals surface area contributed by atoms with Crippen LogP contribution >= 0.6 is 0 Å². The molecule has 8 heteroatoms. The number of pyridine rings is 1. The first-order chi connectivity index (χ1) is 14.5. The van der Waals surface area contributed by atoms with Crippen LogP contribution in [0.4, 0.5) is 14.5 Å². The van der Waals surface area contributed by atoms with Crippen LogP contribution in [0.5, 0.6) is 0 Å². The summed E-state index contributed by atoms with van der Waals surface area (Å²) in [6, 6.07) is 7.01. The molecule has 6 nitrogen and oxygen atoms in total. The maximum Gasteiger partial charge on any atom is 0.272 e. The fraction of sp³-hybridized carbons (Fsp3) is 0.364. The van der Waals surface area contributed by atoms with Gasteiger partial charge < -0.3 is 14.9 Å². The van der Waals surface area contributed by atoms with Crippen molar-refractivity contribution in [1.82, 2.24) is 14.3 Å². The van der Waals surface area contributed by atoms with Gasteiger partial charge in [-0.3, -0.25) is 9.20 Å². The molecule has 0 spiro atoms. The van der Waals surface area contributed by atoms with Crippen LogP contribution in [0.2, 0.25) is 0 Å². The average Bonchev–Trinajstić information content (AvgIpc) is 3.47. The van der Waals surface area contributed by atoms with Gasteiger partial charge in [0.2, 0.25) is 0 Å². The maximum atomic E-state index is 14.4. The van der Waals surface area contributed by atoms with E-state index in [1.807, 2.05) is 23.2 Å². The highest BCUT2D eigenvalue weighted by molar-refractivity contribution is 5.93. The van der Waals surface area contributed by atoms with Gasteiger partial charge in [0.25, 0.3) is 5.91 Å². The van der Waals surface area contributed by atoms with Crippen LogP contribution in [0.3, 0.4) is 0 Å². The fourth-order valence-corrected chi connectivity index (χ4v) is 4.55. The molecule has 0 saturated carbocycles. The van der Waals surface area contributed by atoms with E-state index in [-0.39, 0.29) is 11.9 Å². The van der Waals surface area contributed by atoms with Crippen LogP contribution in [-0.4, -0.2) is 51.0 Å². The molecule has 2 aromatic heterocycles. The van der Waals surface area contributed by atoms with Gasteiger partial charge in [0.1, 0.15) is 23.0 Å². The summed E-state index contributed by atoms with van der Waals surface area (Å²) in [6.45, 7) is 1.54. The number of benzene rings is 1. The number of imidazole rings is 1. The predicted octanol–water partition coefficient (Wildman–Crippen LogP) is 3.16. The third-order valence-corrected chi connectivity index (χ3v) is 6.06.